The van der Waals surface area contributed by atoms with Gasteiger partial charge < -0.3 is 5.32 Å². The van der Waals surface area contributed by atoms with Gasteiger partial charge in [0, 0.05) is 17.1 Å². The van der Waals surface area contributed by atoms with Gasteiger partial charge in [0.1, 0.15) is 16.6 Å². The first-order valence-corrected chi connectivity index (χ1v) is 6.02. The van der Waals surface area contributed by atoms with E-state index >= 15 is 0 Å². The lowest BCUT2D eigenvalue weighted by molar-refractivity contribution is 0.589. The van der Waals surface area contributed by atoms with Crippen LogP contribution in [0.5, 0.6) is 0 Å². The van der Waals surface area contributed by atoms with Crippen molar-refractivity contribution in [2.45, 2.75) is 13.0 Å². The minimum Gasteiger partial charge on any atom is -0.312 e. The zero-order chi connectivity index (χ0) is 12.4. The molecule has 0 radical (unpaired) electrons. The van der Waals surface area contributed by atoms with Crippen LogP contribution in [0.3, 0.4) is 0 Å². The molecule has 1 N–H and O–H groups in total. The van der Waals surface area contributed by atoms with Crippen molar-refractivity contribution in [3.05, 3.63) is 40.9 Å². The van der Waals surface area contributed by atoms with Crippen molar-refractivity contribution in [3.8, 4) is 10.6 Å². The number of hydrogen-bond acceptors (Lipinski definition) is 3. The van der Waals surface area contributed by atoms with Crippen molar-refractivity contribution in [3.63, 3.8) is 0 Å². The molecule has 0 saturated heterocycles. The van der Waals surface area contributed by atoms with Crippen LogP contribution in [0.4, 0.5) is 8.78 Å². The number of nitrogens with zero attached hydrogens (tertiary/aromatic N) is 1. The molecule has 90 valence electrons. The van der Waals surface area contributed by atoms with Gasteiger partial charge in [-0.2, -0.15) is 0 Å². The zero-order valence-corrected chi connectivity index (χ0v) is 10.3. The van der Waals surface area contributed by atoms with Gasteiger partial charge in [-0.05, 0) is 26.1 Å². The zero-order valence-electron chi connectivity index (χ0n) is 9.50. The molecule has 0 bridgehead atoms. The Morgan fingerprint density at radius 1 is 1.29 bits per heavy atom. The van der Waals surface area contributed by atoms with E-state index in [4.69, 9.17) is 0 Å². The fourth-order valence-electron chi connectivity index (χ4n) is 1.45. The van der Waals surface area contributed by atoms with Crippen LogP contribution in [-0.4, -0.2) is 12.0 Å². The SMILES string of the molecule is CNC(C)c1cnc(-c2c(F)cccc2F)s1. The van der Waals surface area contributed by atoms with Gasteiger partial charge in [0.15, 0.2) is 0 Å². The van der Waals surface area contributed by atoms with Crippen LogP contribution in [0.1, 0.15) is 17.8 Å². The molecule has 0 saturated carbocycles. The molecule has 17 heavy (non-hydrogen) atoms. The largest absolute Gasteiger partial charge is 0.312 e. The molecule has 0 aliphatic rings. The van der Waals surface area contributed by atoms with Crippen molar-refractivity contribution >= 4 is 11.3 Å². The molecule has 2 aromatic rings. The van der Waals surface area contributed by atoms with Crippen LogP contribution in [0.15, 0.2) is 24.4 Å². The first-order valence-electron chi connectivity index (χ1n) is 5.21. The van der Waals surface area contributed by atoms with Gasteiger partial charge in [-0.3, -0.25) is 0 Å². The second kappa shape index (κ2) is 4.89. The average molecular weight is 254 g/mol. The number of benzene rings is 1. The maximum absolute atomic E-state index is 13.5. The monoisotopic (exact) mass is 254 g/mol. The van der Waals surface area contributed by atoms with E-state index in [0.29, 0.717) is 5.01 Å². The third-order valence-electron chi connectivity index (χ3n) is 2.56. The van der Waals surface area contributed by atoms with Crippen LogP contribution < -0.4 is 5.32 Å². The van der Waals surface area contributed by atoms with Gasteiger partial charge in [0.2, 0.25) is 0 Å². The molecule has 1 heterocycles. The minimum atomic E-state index is -0.581. The van der Waals surface area contributed by atoms with Crippen molar-refractivity contribution in [1.29, 1.82) is 0 Å². The Kier molecular flexibility index (Phi) is 3.49. The molecule has 0 fully saturated rings. The van der Waals surface area contributed by atoms with E-state index in [1.54, 1.807) is 6.20 Å². The van der Waals surface area contributed by atoms with Gasteiger partial charge in [-0.15, -0.1) is 11.3 Å². The predicted molar refractivity (Wildman–Crippen MR) is 64.9 cm³/mol. The number of halogens is 2. The third kappa shape index (κ3) is 2.35. The Morgan fingerprint density at radius 2 is 1.94 bits per heavy atom. The van der Waals surface area contributed by atoms with Crippen LogP contribution >= 0.6 is 11.3 Å². The Balaban J connectivity index is 2.44. The molecule has 0 aliphatic heterocycles. The van der Waals surface area contributed by atoms with E-state index in [0.717, 1.165) is 4.88 Å². The van der Waals surface area contributed by atoms with E-state index in [-0.39, 0.29) is 11.6 Å². The summed E-state index contributed by atoms with van der Waals surface area (Å²) < 4.78 is 27.1. The topological polar surface area (TPSA) is 24.9 Å². The molecular formula is C12H12F2N2S. The fourth-order valence-corrected chi connectivity index (χ4v) is 2.47. The lowest BCUT2D eigenvalue weighted by atomic mass is 10.2. The van der Waals surface area contributed by atoms with Crippen LogP contribution in [0.25, 0.3) is 10.6 Å². The summed E-state index contributed by atoms with van der Waals surface area (Å²) in [6, 6.07) is 3.94. The van der Waals surface area contributed by atoms with E-state index in [1.165, 1.54) is 29.5 Å². The highest BCUT2D eigenvalue weighted by Gasteiger charge is 2.16. The number of thiazole rings is 1. The maximum atomic E-state index is 13.5. The molecular weight excluding hydrogens is 242 g/mol. The number of nitrogens with one attached hydrogen (secondary N) is 1. The lowest BCUT2D eigenvalue weighted by Gasteiger charge is -2.05. The highest BCUT2D eigenvalue weighted by molar-refractivity contribution is 7.15. The summed E-state index contributed by atoms with van der Waals surface area (Å²) in [4.78, 5) is 5.02. The molecule has 1 atom stereocenters. The highest BCUT2D eigenvalue weighted by atomic mass is 32.1. The maximum Gasteiger partial charge on any atom is 0.136 e. The molecule has 1 aromatic heterocycles. The van der Waals surface area contributed by atoms with Gasteiger partial charge in [0.25, 0.3) is 0 Å². The van der Waals surface area contributed by atoms with Gasteiger partial charge in [0.05, 0.1) is 5.56 Å². The van der Waals surface area contributed by atoms with Gasteiger partial charge in [-0.25, -0.2) is 13.8 Å². The van der Waals surface area contributed by atoms with Gasteiger partial charge >= 0.3 is 0 Å². The van der Waals surface area contributed by atoms with Crippen molar-refractivity contribution in [1.82, 2.24) is 10.3 Å². The summed E-state index contributed by atoms with van der Waals surface area (Å²) in [6.07, 6.45) is 1.65. The second-order valence-corrected chi connectivity index (χ2v) is 4.74. The Hall–Kier alpha value is -1.33. The second-order valence-electron chi connectivity index (χ2n) is 3.67. The predicted octanol–water partition coefficient (Wildman–Crippen LogP) is 3.37. The van der Waals surface area contributed by atoms with Crippen molar-refractivity contribution in [2.75, 3.05) is 7.05 Å². The van der Waals surface area contributed by atoms with E-state index in [9.17, 15) is 8.78 Å². The first-order chi connectivity index (χ1) is 8.13. The van der Waals surface area contributed by atoms with Crippen molar-refractivity contribution in [2.24, 2.45) is 0 Å². The Morgan fingerprint density at radius 3 is 2.53 bits per heavy atom. The molecule has 1 unspecified atom stereocenters. The fraction of sp³-hybridized carbons (Fsp3) is 0.250. The van der Waals surface area contributed by atoms with Gasteiger partial charge in [-0.1, -0.05) is 6.07 Å². The van der Waals surface area contributed by atoms with E-state index < -0.39 is 11.6 Å². The lowest BCUT2D eigenvalue weighted by Crippen LogP contribution is -2.10. The number of hydrogen-bond donors (Lipinski definition) is 1. The van der Waals surface area contributed by atoms with Crippen LogP contribution in [0, 0.1) is 11.6 Å². The molecule has 2 rings (SSSR count). The summed E-state index contributed by atoms with van der Waals surface area (Å²) in [5, 5.41) is 3.43. The standard InChI is InChI=1S/C12H12F2N2S/c1-7(15-2)10-6-16-12(17-10)11-8(13)4-3-5-9(11)14/h3-7,15H,1-2H3. The molecule has 0 spiro atoms. The summed E-state index contributed by atoms with van der Waals surface area (Å²) in [7, 11) is 1.83. The summed E-state index contributed by atoms with van der Waals surface area (Å²) in [5.74, 6) is -1.16. The van der Waals surface area contributed by atoms with Crippen LogP contribution in [0.2, 0.25) is 0 Å². The molecule has 5 heteroatoms. The number of aromatic nitrogens is 1. The quantitative estimate of drug-likeness (QED) is 0.908. The molecule has 1 aromatic carbocycles. The minimum absolute atomic E-state index is 0.0490. The molecule has 0 amide bonds. The molecule has 0 aliphatic carbocycles. The highest BCUT2D eigenvalue weighted by Crippen LogP contribution is 2.31. The third-order valence-corrected chi connectivity index (χ3v) is 3.76. The van der Waals surface area contributed by atoms with E-state index in [2.05, 4.69) is 10.3 Å². The summed E-state index contributed by atoms with van der Waals surface area (Å²) in [6.45, 7) is 1.97. The summed E-state index contributed by atoms with van der Waals surface area (Å²) in [5.41, 5.74) is -0.0490. The van der Waals surface area contributed by atoms with E-state index in [1.807, 2.05) is 14.0 Å². The number of rotatable bonds is 3. The normalized spacial score (nSPS) is 12.7. The first kappa shape index (κ1) is 12.1. The molecule has 2 nitrogen and oxygen atoms in total. The Labute approximate surface area is 102 Å². The van der Waals surface area contributed by atoms with Crippen LogP contribution in [-0.2, 0) is 0 Å². The smallest absolute Gasteiger partial charge is 0.136 e. The Bertz CT molecular complexity index is 505. The average Bonchev–Trinajstić information content (AvgIpc) is 2.77. The summed E-state index contributed by atoms with van der Waals surface area (Å²) >= 11 is 1.29. The van der Waals surface area contributed by atoms with Crippen molar-refractivity contribution < 1.29 is 8.78 Å².